The van der Waals surface area contributed by atoms with Crippen LogP contribution in [-0.4, -0.2) is 22.0 Å². The van der Waals surface area contributed by atoms with E-state index in [1.54, 1.807) is 0 Å². The van der Waals surface area contributed by atoms with E-state index in [2.05, 4.69) is 17.0 Å². The maximum absolute atomic E-state index is 12.4. The Morgan fingerprint density at radius 3 is 2.48 bits per heavy atom. The van der Waals surface area contributed by atoms with E-state index in [9.17, 15) is 8.42 Å². The first-order valence-electron chi connectivity index (χ1n) is 7.74. The van der Waals surface area contributed by atoms with Crippen LogP contribution in [0.15, 0.2) is 10.3 Å². The fourth-order valence-corrected chi connectivity index (χ4v) is 5.21. The molecule has 4 nitrogen and oxygen atoms in total. The Hall–Kier alpha value is -0.430. The highest BCUT2D eigenvalue weighted by molar-refractivity contribution is 7.89. The molecule has 0 aliphatic rings. The summed E-state index contributed by atoms with van der Waals surface area (Å²) >= 11 is 1.50. The molecular weight excluding hydrogens is 304 g/mol. The third-order valence-corrected chi connectivity index (χ3v) is 6.34. The number of aryl methyl sites for hydroxylation is 1. The van der Waals surface area contributed by atoms with E-state index in [0.29, 0.717) is 18.0 Å². The number of thiophene rings is 1. The number of nitrogens with one attached hydrogen (secondary N) is 2. The van der Waals surface area contributed by atoms with E-state index >= 15 is 0 Å². The minimum absolute atomic E-state index is 0.466. The van der Waals surface area contributed by atoms with E-state index in [1.165, 1.54) is 37.0 Å². The summed E-state index contributed by atoms with van der Waals surface area (Å²) in [5.74, 6) is 0. The van der Waals surface area contributed by atoms with Gasteiger partial charge in [0, 0.05) is 18.0 Å². The van der Waals surface area contributed by atoms with Gasteiger partial charge < -0.3 is 5.32 Å². The molecule has 0 unspecified atom stereocenters. The van der Waals surface area contributed by atoms with E-state index < -0.39 is 10.0 Å². The van der Waals surface area contributed by atoms with Gasteiger partial charge in [-0.2, -0.15) is 0 Å². The number of hydrogen-bond acceptors (Lipinski definition) is 4. The van der Waals surface area contributed by atoms with Gasteiger partial charge in [0.25, 0.3) is 0 Å². The highest BCUT2D eigenvalue weighted by Gasteiger charge is 2.21. The van der Waals surface area contributed by atoms with Crippen molar-refractivity contribution in [2.45, 2.75) is 63.8 Å². The van der Waals surface area contributed by atoms with Crippen molar-refractivity contribution >= 4 is 21.4 Å². The molecule has 0 saturated carbocycles. The number of hydrogen-bond donors (Lipinski definition) is 2. The summed E-state index contributed by atoms with van der Waals surface area (Å²) in [4.78, 5) is 1.35. The van der Waals surface area contributed by atoms with Gasteiger partial charge in [-0.05, 0) is 31.3 Å². The van der Waals surface area contributed by atoms with Gasteiger partial charge in [0.15, 0.2) is 0 Å². The quantitative estimate of drug-likeness (QED) is 0.611. The summed E-state index contributed by atoms with van der Waals surface area (Å²) in [5.41, 5.74) is 0.834. The van der Waals surface area contributed by atoms with Crippen LogP contribution >= 0.6 is 11.3 Å². The summed E-state index contributed by atoms with van der Waals surface area (Å²) in [6.45, 7) is 5.17. The molecule has 0 atom stereocenters. The molecule has 0 aromatic carbocycles. The molecule has 0 saturated heterocycles. The SMILES string of the molecule is CCCCCCCCNS(=O)(=O)c1c(C)csc1CNC. The van der Waals surface area contributed by atoms with Gasteiger partial charge in [-0.15, -0.1) is 11.3 Å². The summed E-state index contributed by atoms with van der Waals surface area (Å²) in [5, 5.41) is 4.93. The lowest BCUT2D eigenvalue weighted by atomic mass is 10.1. The smallest absolute Gasteiger partial charge is 0.241 e. The Labute approximate surface area is 133 Å². The van der Waals surface area contributed by atoms with Gasteiger partial charge in [-0.1, -0.05) is 39.0 Å². The van der Waals surface area contributed by atoms with Crippen molar-refractivity contribution in [3.8, 4) is 0 Å². The lowest BCUT2D eigenvalue weighted by Gasteiger charge is -2.09. The molecule has 0 amide bonds. The van der Waals surface area contributed by atoms with Crippen LogP contribution in [0.1, 0.15) is 55.9 Å². The van der Waals surface area contributed by atoms with Gasteiger partial charge in [0.1, 0.15) is 4.90 Å². The molecule has 0 radical (unpaired) electrons. The van der Waals surface area contributed by atoms with E-state index in [4.69, 9.17) is 0 Å². The number of sulfonamides is 1. The Morgan fingerprint density at radius 1 is 1.14 bits per heavy atom. The van der Waals surface area contributed by atoms with Crippen molar-refractivity contribution in [3.63, 3.8) is 0 Å². The molecule has 6 heteroatoms. The highest BCUT2D eigenvalue weighted by Crippen LogP contribution is 2.26. The summed E-state index contributed by atoms with van der Waals surface area (Å²) in [6, 6.07) is 0. The first-order valence-corrected chi connectivity index (χ1v) is 10.1. The predicted octanol–water partition coefficient (Wildman–Crippen LogP) is 3.41. The van der Waals surface area contributed by atoms with Crippen LogP contribution in [0.25, 0.3) is 0 Å². The fourth-order valence-electron chi connectivity index (χ4n) is 2.31. The van der Waals surface area contributed by atoms with Crippen molar-refractivity contribution in [1.29, 1.82) is 0 Å². The Balaban J connectivity index is 2.48. The van der Waals surface area contributed by atoms with Crippen LogP contribution in [0.4, 0.5) is 0 Å². The van der Waals surface area contributed by atoms with Crippen molar-refractivity contribution in [2.24, 2.45) is 0 Å². The van der Waals surface area contributed by atoms with Crippen molar-refractivity contribution in [3.05, 3.63) is 15.8 Å². The van der Waals surface area contributed by atoms with Crippen molar-refractivity contribution in [1.82, 2.24) is 10.0 Å². The zero-order chi connectivity index (χ0) is 15.7. The second kappa shape index (κ2) is 9.56. The lowest BCUT2D eigenvalue weighted by molar-refractivity contribution is 0.566. The molecule has 0 aliphatic heterocycles. The molecule has 1 aromatic rings. The third-order valence-electron chi connectivity index (χ3n) is 3.42. The Kier molecular flexibility index (Phi) is 8.48. The summed E-state index contributed by atoms with van der Waals surface area (Å²) < 4.78 is 27.6. The number of rotatable bonds is 11. The van der Waals surface area contributed by atoms with Gasteiger partial charge in [-0.25, -0.2) is 13.1 Å². The molecule has 0 bridgehead atoms. The third kappa shape index (κ3) is 6.06. The van der Waals surface area contributed by atoms with E-state index in [-0.39, 0.29) is 0 Å². The van der Waals surface area contributed by atoms with E-state index in [1.807, 2.05) is 19.4 Å². The van der Waals surface area contributed by atoms with E-state index in [0.717, 1.165) is 23.3 Å². The zero-order valence-corrected chi connectivity index (χ0v) is 15.0. The van der Waals surface area contributed by atoms with Crippen molar-refractivity contribution in [2.75, 3.05) is 13.6 Å². The minimum Gasteiger partial charge on any atom is -0.315 e. The molecule has 0 spiro atoms. The average Bonchev–Trinajstić information content (AvgIpc) is 2.80. The summed E-state index contributed by atoms with van der Waals surface area (Å²) in [6.07, 6.45) is 6.95. The minimum atomic E-state index is -3.38. The maximum atomic E-state index is 12.4. The van der Waals surface area contributed by atoms with Gasteiger partial charge in [0.2, 0.25) is 10.0 Å². The molecule has 0 fully saturated rings. The first kappa shape index (κ1) is 18.6. The molecule has 0 aliphatic carbocycles. The van der Waals surface area contributed by atoms with Crippen LogP contribution in [0.3, 0.4) is 0 Å². The van der Waals surface area contributed by atoms with Crippen molar-refractivity contribution < 1.29 is 8.42 Å². The standard InChI is InChI=1S/C15H28N2O2S2/c1-4-5-6-7-8-9-10-17-21(18,19)15-13(2)12-20-14(15)11-16-3/h12,16-17H,4-11H2,1-3H3. The molecule has 122 valence electrons. The van der Waals surface area contributed by atoms with Gasteiger partial charge in [-0.3, -0.25) is 0 Å². The fraction of sp³-hybridized carbons (Fsp3) is 0.733. The highest BCUT2D eigenvalue weighted by atomic mass is 32.2. The molecule has 1 heterocycles. The largest absolute Gasteiger partial charge is 0.315 e. The van der Waals surface area contributed by atoms with Crippen LogP contribution in [0.2, 0.25) is 0 Å². The van der Waals surface area contributed by atoms with Crippen LogP contribution in [-0.2, 0) is 16.6 Å². The number of unbranched alkanes of at least 4 members (excludes halogenated alkanes) is 5. The Morgan fingerprint density at radius 2 is 1.81 bits per heavy atom. The Bertz CT molecular complexity index is 510. The topological polar surface area (TPSA) is 58.2 Å². The second-order valence-corrected chi connectivity index (χ2v) is 8.03. The summed E-state index contributed by atoms with van der Waals surface area (Å²) in [7, 11) is -1.55. The van der Waals surface area contributed by atoms with Crippen LogP contribution in [0.5, 0.6) is 0 Å². The molecular formula is C15H28N2O2S2. The molecule has 1 rings (SSSR count). The molecule has 2 N–H and O–H groups in total. The molecule has 1 aromatic heterocycles. The average molecular weight is 333 g/mol. The lowest BCUT2D eigenvalue weighted by Crippen LogP contribution is -2.26. The van der Waals surface area contributed by atoms with Gasteiger partial charge in [0.05, 0.1) is 0 Å². The second-order valence-electron chi connectivity index (χ2n) is 5.37. The first-order chi connectivity index (χ1) is 10.0. The maximum Gasteiger partial charge on any atom is 0.241 e. The molecule has 21 heavy (non-hydrogen) atoms. The monoisotopic (exact) mass is 332 g/mol. The predicted molar refractivity (Wildman–Crippen MR) is 90.4 cm³/mol. The van der Waals surface area contributed by atoms with Crippen LogP contribution in [0, 0.1) is 6.92 Å². The normalized spacial score (nSPS) is 12.0. The van der Waals surface area contributed by atoms with Crippen LogP contribution < -0.4 is 10.0 Å². The zero-order valence-electron chi connectivity index (χ0n) is 13.4. The van der Waals surface area contributed by atoms with Gasteiger partial charge >= 0.3 is 0 Å².